The number of rotatable bonds is 18. The van der Waals surface area contributed by atoms with Gasteiger partial charge >= 0.3 is 17.9 Å². The monoisotopic (exact) mass is 1530 g/mol. The van der Waals surface area contributed by atoms with E-state index in [0.717, 1.165) is 0 Å². The lowest BCUT2D eigenvalue weighted by Gasteiger charge is -2.75. The topological polar surface area (TPSA) is 495 Å². The molecule has 108 heavy (non-hydrogen) atoms. The molecule has 16 N–H and O–H groups in total. The summed E-state index contributed by atoms with van der Waals surface area (Å²) in [5.74, 6) is -4.27. The maximum absolute atomic E-state index is 14.4. The van der Waals surface area contributed by atoms with Gasteiger partial charge in [0.2, 0.25) is 0 Å². The number of ether oxygens (including phenoxy) is 13. The molecule has 11 aliphatic rings. The molecule has 2 aromatic carbocycles. The van der Waals surface area contributed by atoms with Crippen molar-refractivity contribution in [3.05, 3.63) is 77.9 Å². The van der Waals surface area contributed by atoms with Crippen LogP contribution in [0.3, 0.4) is 0 Å². The highest BCUT2D eigenvalue weighted by Crippen LogP contribution is 2.82. The summed E-state index contributed by atoms with van der Waals surface area (Å²) in [6.07, 6.45) is -49.2. The molecule has 13 rings (SSSR count). The number of aliphatic carboxylic acids is 1. The number of carbonyl (C=O) groups is 3. The highest BCUT2D eigenvalue weighted by molar-refractivity contribution is 5.90. The predicted molar refractivity (Wildman–Crippen MR) is 365 cm³/mol. The number of aliphatic hydroxyl groups excluding tert-OH is 15. The molecule has 32 nitrogen and oxygen atoms in total. The number of hydrogen-bond acceptors (Lipinski definition) is 31. The number of carbonyl (C=O) groups excluding carboxylic acids is 2. The zero-order valence-electron chi connectivity index (χ0n) is 61.7. The zero-order chi connectivity index (χ0) is 78.2. The van der Waals surface area contributed by atoms with Gasteiger partial charge in [-0.2, -0.15) is 0 Å². The van der Waals surface area contributed by atoms with Crippen LogP contribution in [0.2, 0.25) is 0 Å². The molecular weight excluding hydrogens is 1420 g/mol. The van der Waals surface area contributed by atoms with E-state index in [1.54, 1.807) is 36.4 Å². The molecule has 32 heteroatoms. The first-order valence-electron chi connectivity index (χ1n) is 37.6. The molecule has 5 aliphatic carbocycles. The minimum Gasteiger partial charge on any atom is -0.479 e. The van der Waals surface area contributed by atoms with Crippen molar-refractivity contribution in [1.82, 2.24) is 0 Å². The van der Waals surface area contributed by atoms with E-state index in [1.807, 2.05) is 58.0 Å². The lowest BCUT2D eigenvalue weighted by atomic mass is 9.30. The van der Waals surface area contributed by atoms with Crippen LogP contribution < -0.4 is 0 Å². The second kappa shape index (κ2) is 30.4. The van der Waals surface area contributed by atoms with Crippen LogP contribution in [0.15, 0.2) is 66.7 Å². The van der Waals surface area contributed by atoms with Gasteiger partial charge in [0, 0.05) is 22.8 Å². The van der Waals surface area contributed by atoms with Gasteiger partial charge in [-0.25, -0.2) is 14.4 Å². The van der Waals surface area contributed by atoms with E-state index in [0.29, 0.717) is 37.7 Å². The van der Waals surface area contributed by atoms with Gasteiger partial charge in [0.15, 0.2) is 49.9 Å². The van der Waals surface area contributed by atoms with E-state index in [4.69, 9.17) is 61.6 Å². The molecule has 38 atom stereocenters. The molecule has 5 saturated carbocycles. The van der Waals surface area contributed by atoms with Crippen molar-refractivity contribution in [2.45, 2.75) is 304 Å². The van der Waals surface area contributed by atoms with Gasteiger partial charge in [-0.1, -0.05) is 97.0 Å². The summed E-state index contributed by atoms with van der Waals surface area (Å²) in [7, 11) is 0. The van der Waals surface area contributed by atoms with Crippen LogP contribution in [0, 0.1) is 50.2 Å². The molecule has 11 fully saturated rings. The Morgan fingerprint density at radius 3 is 1.65 bits per heavy atom. The van der Waals surface area contributed by atoms with Crippen molar-refractivity contribution < 1.29 is 158 Å². The van der Waals surface area contributed by atoms with Gasteiger partial charge in [-0.3, -0.25) is 0 Å². The molecular formula is C76H108O32. The Kier molecular flexibility index (Phi) is 22.9. The van der Waals surface area contributed by atoms with Gasteiger partial charge in [-0.15, -0.1) is 0 Å². The Labute approximate surface area is 624 Å². The van der Waals surface area contributed by atoms with Crippen molar-refractivity contribution in [2.75, 3.05) is 13.2 Å². The standard InChI is InChI=1S/C76H108O32/c1-32-44(81)48(85)52(89)64(96-32)104-57-50(87)45(82)33(2)97-66(57)105-58-51(88)47(84)37(31-78)99-67(58)102-55-54(91)56(62(92)93)103-68(59(55)106-65-53(90)49(86)46(83)36(30-77)98-65)100-42-24-25-72(7)38(71(42,5)6)22-26-73(8)39(72)23-27-75-40-28-70(3,4)60(107-63(94)35-18-14-11-15-19-35)61(101-43(80)21-20-34-16-12-10-13-17-34)76(40,69(95)108-75)41(79)29-74(73,75)9/h10-21,32-33,36-42,44-61,64-69,77-79,81-91,95H,22-31H2,1-9H3,(H,92,93)/t32-,33-,36+,37+,38-,39+,40-,41+,42-,44-,45-,46+,47-,48+,49-,50+,51-,52+,53+,54-,55-,56-,57+,58+,59+,60-,61-,64-,65-,66-,67-,68+,69-,72-,73+,74-,75-,76+/m0/s1. The van der Waals surface area contributed by atoms with Crippen LogP contribution in [-0.4, -0.2) is 303 Å². The number of carboxylic acids is 1. The summed E-state index contributed by atoms with van der Waals surface area (Å²) >= 11 is 0. The quantitative estimate of drug-likeness (QED) is 0.0484. The fourth-order valence-electron chi connectivity index (χ4n) is 21.6. The van der Waals surface area contributed by atoms with Crippen LogP contribution in [-0.2, 0) is 71.2 Å². The van der Waals surface area contributed by atoms with Crippen molar-refractivity contribution in [1.29, 1.82) is 0 Å². The molecule has 2 aromatic rings. The third-order valence-electron chi connectivity index (χ3n) is 27.5. The predicted octanol–water partition coefficient (Wildman–Crippen LogP) is -0.990. The highest BCUT2D eigenvalue weighted by Gasteiger charge is 2.86. The average Bonchev–Trinajstić information content (AvgIpc) is 1.40. The lowest BCUT2D eigenvalue weighted by molar-refractivity contribution is -0.412. The van der Waals surface area contributed by atoms with Crippen LogP contribution in [0.4, 0.5) is 0 Å². The molecule has 0 radical (unpaired) electrons. The maximum atomic E-state index is 14.4. The largest absolute Gasteiger partial charge is 0.479 e. The average molecular weight is 1530 g/mol. The third kappa shape index (κ3) is 13.3. The molecule has 2 bridgehead atoms. The number of fused-ring (bicyclic) bond motifs is 4. The number of esters is 2. The smallest absolute Gasteiger partial charge is 0.338 e. The fourth-order valence-corrected chi connectivity index (χ4v) is 21.6. The van der Waals surface area contributed by atoms with Crippen LogP contribution in [0.1, 0.15) is 130 Å². The molecule has 0 amide bonds. The second-order valence-corrected chi connectivity index (χ2v) is 34.0. The minimum absolute atomic E-state index is 0.0823. The summed E-state index contributed by atoms with van der Waals surface area (Å²) < 4.78 is 82.4. The lowest BCUT2D eigenvalue weighted by Crippen LogP contribution is -2.77. The Balaban J connectivity index is 0.808. The summed E-state index contributed by atoms with van der Waals surface area (Å²) in [4.78, 5) is 42.2. The van der Waals surface area contributed by atoms with Crippen molar-refractivity contribution in [2.24, 2.45) is 50.2 Å². The molecule has 604 valence electrons. The molecule has 0 unspecified atom stereocenters. The van der Waals surface area contributed by atoms with E-state index in [2.05, 4.69) is 20.8 Å². The first kappa shape index (κ1) is 81.6. The van der Waals surface area contributed by atoms with Gasteiger partial charge < -0.3 is 143 Å². The van der Waals surface area contributed by atoms with Crippen LogP contribution in [0.25, 0.3) is 6.08 Å². The SMILES string of the molecule is C[C@@H]1O[C@@H](O[C@H]2[C@H](O[C@H]3[C@H](O[C@H]4[C@H](O)[C@@H](C(=O)O)O[C@@H](O[C@H]5CC[C@]6(C)[C@H]7CC[C@@]89O[C@H](O)[C@@]%10([C@H](O)C[C@@]8(C)[C@]7(C)CC[C@H]6C5(C)C)[C@H]9CC(C)(C)[C@@H](OC(=O)c5ccccc5)[C@@H]%10OC(=O)C=Cc5ccccc5)[C@@H]4O[C@@H]4O[C@H](CO)[C@@H](O)[C@H](O)[C@H]4O)O[C@H](CO)[C@H](O)[C@@H]3O)O[C@@H](C)[C@H](O)[C@H]2O)[C@H](O)[C@H](O)[C@H]1O. The number of carboxylic acid groups (broad SMARTS) is 1. The number of benzene rings is 2. The molecule has 6 saturated heterocycles. The molecule has 1 spiro atoms. The van der Waals surface area contributed by atoms with E-state index in [9.17, 15) is 96.1 Å². The van der Waals surface area contributed by atoms with Crippen molar-refractivity contribution in [3.63, 3.8) is 0 Å². The maximum Gasteiger partial charge on any atom is 0.338 e. The number of hydrogen-bond donors (Lipinski definition) is 16. The Hall–Kier alpha value is -4.45. The summed E-state index contributed by atoms with van der Waals surface area (Å²) in [5.41, 5.74) is -5.88. The van der Waals surface area contributed by atoms with Gasteiger partial charge in [0.25, 0.3) is 0 Å². The van der Waals surface area contributed by atoms with Crippen LogP contribution in [0.5, 0.6) is 0 Å². The van der Waals surface area contributed by atoms with E-state index < -0.39 is 259 Å². The molecule has 0 aromatic heterocycles. The fraction of sp³-hybridized carbons (Fsp3) is 0.776. The molecule has 6 aliphatic heterocycles. The van der Waals surface area contributed by atoms with Gasteiger partial charge in [0.1, 0.15) is 110 Å². The third-order valence-corrected chi connectivity index (χ3v) is 27.5. The summed E-state index contributed by atoms with van der Waals surface area (Å²) in [6.45, 7) is 15.1. The summed E-state index contributed by atoms with van der Waals surface area (Å²) in [6, 6.07) is 17.5. The van der Waals surface area contributed by atoms with Crippen molar-refractivity contribution >= 4 is 24.0 Å². The Morgan fingerprint density at radius 1 is 0.500 bits per heavy atom. The Bertz CT molecular complexity index is 3520. The van der Waals surface area contributed by atoms with Crippen LogP contribution >= 0.6 is 0 Å². The summed E-state index contributed by atoms with van der Waals surface area (Å²) in [5, 5.41) is 183. The normalized spacial score (nSPS) is 50.3. The van der Waals surface area contributed by atoms with E-state index >= 15 is 0 Å². The minimum atomic E-state index is -2.38. The zero-order valence-corrected chi connectivity index (χ0v) is 61.7. The van der Waals surface area contributed by atoms with Gasteiger partial charge in [-0.05, 0) is 117 Å². The number of aliphatic hydroxyl groups is 15. The van der Waals surface area contributed by atoms with Crippen molar-refractivity contribution in [3.8, 4) is 0 Å². The highest BCUT2D eigenvalue weighted by atomic mass is 16.8. The second-order valence-electron chi connectivity index (χ2n) is 34.0. The molecule has 6 heterocycles. The Morgan fingerprint density at radius 2 is 1.02 bits per heavy atom. The van der Waals surface area contributed by atoms with Gasteiger partial charge in [0.05, 0.1) is 54.2 Å². The first-order chi connectivity index (χ1) is 50.9. The van der Waals surface area contributed by atoms with E-state index in [1.165, 1.54) is 19.9 Å². The first-order valence-corrected chi connectivity index (χ1v) is 37.6. The van der Waals surface area contributed by atoms with E-state index in [-0.39, 0.29) is 36.7 Å².